The average Bonchev–Trinajstić information content (AvgIpc) is 2.35. The van der Waals surface area contributed by atoms with Crippen LogP contribution >= 0.6 is 0 Å². The third-order valence-electron chi connectivity index (χ3n) is 2.47. The second kappa shape index (κ2) is 5.75. The molecule has 0 aromatic heterocycles. The molecule has 17 heavy (non-hydrogen) atoms. The Balaban J connectivity index is 3.27. The van der Waals surface area contributed by atoms with Crippen LogP contribution in [-0.2, 0) is 0 Å². The van der Waals surface area contributed by atoms with Gasteiger partial charge in [0.05, 0.1) is 21.3 Å². The lowest BCUT2D eigenvalue weighted by molar-refractivity contribution is 0.0391. The molecule has 1 unspecified atom stereocenters. The number of aliphatic hydroxyl groups excluding tert-OH is 1. The van der Waals surface area contributed by atoms with E-state index in [1.165, 1.54) is 0 Å². The zero-order valence-electron chi connectivity index (χ0n) is 10.9. The SMILES string of the molecule is COc1cc(C(O)N(C)C)cc(OC)c1OC. The van der Waals surface area contributed by atoms with Gasteiger partial charge >= 0.3 is 0 Å². The van der Waals surface area contributed by atoms with Crippen molar-refractivity contribution in [2.45, 2.75) is 6.23 Å². The molecular weight excluding hydrogens is 222 g/mol. The van der Waals surface area contributed by atoms with E-state index in [-0.39, 0.29) is 0 Å². The Labute approximate surface area is 102 Å². The van der Waals surface area contributed by atoms with E-state index in [0.29, 0.717) is 22.8 Å². The summed E-state index contributed by atoms with van der Waals surface area (Å²) in [6.45, 7) is 0. The summed E-state index contributed by atoms with van der Waals surface area (Å²) in [7, 11) is 8.20. The zero-order valence-corrected chi connectivity index (χ0v) is 10.9. The third kappa shape index (κ3) is 2.81. The summed E-state index contributed by atoms with van der Waals surface area (Å²) in [5, 5.41) is 9.98. The molecule has 0 aliphatic heterocycles. The number of aliphatic hydroxyl groups is 1. The minimum atomic E-state index is -0.719. The lowest BCUT2D eigenvalue weighted by Crippen LogP contribution is -2.19. The molecule has 0 amide bonds. The lowest BCUT2D eigenvalue weighted by Gasteiger charge is -2.21. The van der Waals surface area contributed by atoms with Crippen LogP contribution in [0.4, 0.5) is 0 Å². The van der Waals surface area contributed by atoms with Gasteiger partial charge in [0.1, 0.15) is 6.23 Å². The molecule has 1 aromatic carbocycles. The first-order valence-electron chi connectivity index (χ1n) is 5.19. The van der Waals surface area contributed by atoms with Crippen LogP contribution in [0.5, 0.6) is 17.2 Å². The number of hydrogen-bond acceptors (Lipinski definition) is 5. The van der Waals surface area contributed by atoms with Crippen LogP contribution in [0.25, 0.3) is 0 Å². The monoisotopic (exact) mass is 241 g/mol. The number of methoxy groups -OCH3 is 3. The number of nitrogens with zero attached hydrogens (tertiary/aromatic N) is 1. The van der Waals surface area contributed by atoms with Crippen LogP contribution in [0.1, 0.15) is 11.8 Å². The molecule has 0 radical (unpaired) electrons. The van der Waals surface area contributed by atoms with Gasteiger partial charge in [-0.05, 0) is 26.2 Å². The zero-order chi connectivity index (χ0) is 13.0. The van der Waals surface area contributed by atoms with Crippen LogP contribution in [0, 0.1) is 0 Å². The van der Waals surface area contributed by atoms with Crippen LogP contribution < -0.4 is 14.2 Å². The van der Waals surface area contributed by atoms with Gasteiger partial charge in [-0.1, -0.05) is 0 Å². The highest BCUT2D eigenvalue weighted by molar-refractivity contribution is 5.54. The summed E-state index contributed by atoms with van der Waals surface area (Å²) in [4.78, 5) is 1.68. The van der Waals surface area contributed by atoms with E-state index in [9.17, 15) is 5.11 Å². The van der Waals surface area contributed by atoms with Gasteiger partial charge < -0.3 is 19.3 Å². The molecule has 0 aliphatic rings. The van der Waals surface area contributed by atoms with E-state index in [4.69, 9.17) is 14.2 Å². The van der Waals surface area contributed by atoms with Crippen molar-refractivity contribution in [1.29, 1.82) is 0 Å². The molecule has 0 saturated carbocycles. The maximum atomic E-state index is 9.98. The minimum Gasteiger partial charge on any atom is -0.493 e. The Morgan fingerprint density at radius 1 is 1.00 bits per heavy atom. The topological polar surface area (TPSA) is 51.2 Å². The smallest absolute Gasteiger partial charge is 0.203 e. The average molecular weight is 241 g/mol. The van der Waals surface area contributed by atoms with Gasteiger partial charge in [-0.3, -0.25) is 4.90 Å². The molecule has 0 aliphatic carbocycles. The van der Waals surface area contributed by atoms with Crippen LogP contribution in [0.2, 0.25) is 0 Å². The van der Waals surface area contributed by atoms with E-state index in [1.807, 2.05) is 0 Å². The van der Waals surface area contributed by atoms with Crippen molar-refractivity contribution in [3.8, 4) is 17.2 Å². The summed E-state index contributed by atoms with van der Waals surface area (Å²) in [5.74, 6) is 1.58. The highest BCUT2D eigenvalue weighted by atomic mass is 16.5. The predicted octanol–water partition coefficient (Wildman–Crippen LogP) is 1.26. The first-order chi connectivity index (χ1) is 8.04. The van der Waals surface area contributed by atoms with Gasteiger partial charge in [0, 0.05) is 5.56 Å². The molecule has 5 nitrogen and oxygen atoms in total. The fraction of sp³-hybridized carbons (Fsp3) is 0.500. The normalized spacial score (nSPS) is 12.4. The number of hydrogen-bond donors (Lipinski definition) is 1. The van der Waals surface area contributed by atoms with E-state index >= 15 is 0 Å². The molecule has 1 N–H and O–H groups in total. The van der Waals surface area contributed by atoms with Crippen molar-refractivity contribution >= 4 is 0 Å². The molecule has 0 spiro atoms. The minimum absolute atomic E-state index is 0.518. The largest absolute Gasteiger partial charge is 0.493 e. The predicted molar refractivity (Wildman–Crippen MR) is 64.7 cm³/mol. The second-order valence-corrected chi connectivity index (χ2v) is 3.80. The molecule has 0 fully saturated rings. The maximum Gasteiger partial charge on any atom is 0.203 e. The van der Waals surface area contributed by atoms with Gasteiger partial charge in [0.2, 0.25) is 5.75 Å². The Morgan fingerprint density at radius 2 is 1.47 bits per heavy atom. The van der Waals surface area contributed by atoms with Crippen LogP contribution in [0.15, 0.2) is 12.1 Å². The van der Waals surface area contributed by atoms with Gasteiger partial charge in [-0.25, -0.2) is 0 Å². The van der Waals surface area contributed by atoms with Crippen molar-refractivity contribution in [1.82, 2.24) is 4.90 Å². The Bertz CT molecular complexity index is 354. The molecule has 1 rings (SSSR count). The van der Waals surface area contributed by atoms with Crippen molar-refractivity contribution < 1.29 is 19.3 Å². The molecular formula is C12H19NO4. The van der Waals surface area contributed by atoms with E-state index < -0.39 is 6.23 Å². The molecule has 5 heteroatoms. The standard InChI is InChI=1S/C12H19NO4/c1-13(2)12(14)8-6-9(15-3)11(17-5)10(7-8)16-4/h6-7,12,14H,1-5H3. The fourth-order valence-corrected chi connectivity index (χ4v) is 1.55. The second-order valence-electron chi connectivity index (χ2n) is 3.80. The number of rotatable bonds is 5. The van der Waals surface area contributed by atoms with Crippen LogP contribution in [-0.4, -0.2) is 45.4 Å². The first kappa shape index (κ1) is 13.6. The molecule has 0 heterocycles. The van der Waals surface area contributed by atoms with E-state index in [2.05, 4.69) is 0 Å². The number of benzene rings is 1. The molecule has 0 saturated heterocycles. The lowest BCUT2D eigenvalue weighted by atomic mass is 10.1. The van der Waals surface area contributed by atoms with Crippen molar-refractivity contribution in [3.63, 3.8) is 0 Å². The van der Waals surface area contributed by atoms with Gasteiger partial charge in [0.25, 0.3) is 0 Å². The summed E-state index contributed by atoms with van der Waals surface area (Å²) in [5.41, 5.74) is 0.685. The van der Waals surface area contributed by atoms with E-state index in [1.54, 1.807) is 52.5 Å². The van der Waals surface area contributed by atoms with Crippen molar-refractivity contribution in [2.24, 2.45) is 0 Å². The molecule has 1 aromatic rings. The van der Waals surface area contributed by atoms with Gasteiger partial charge in [0.15, 0.2) is 11.5 Å². The number of ether oxygens (including phenoxy) is 3. The molecule has 96 valence electrons. The first-order valence-corrected chi connectivity index (χ1v) is 5.19. The highest BCUT2D eigenvalue weighted by Gasteiger charge is 2.18. The highest BCUT2D eigenvalue weighted by Crippen LogP contribution is 2.39. The van der Waals surface area contributed by atoms with Gasteiger partial charge in [-0.2, -0.15) is 0 Å². The fourth-order valence-electron chi connectivity index (χ4n) is 1.55. The van der Waals surface area contributed by atoms with Crippen molar-refractivity contribution in [2.75, 3.05) is 35.4 Å². The summed E-state index contributed by atoms with van der Waals surface area (Å²) in [6.07, 6.45) is -0.719. The Kier molecular flexibility index (Phi) is 4.60. The molecule has 1 atom stereocenters. The van der Waals surface area contributed by atoms with E-state index in [0.717, 1.165) is 0 Å². The summed E-state index contributed by atoms with van der Waals surface area (Å²) in [6, 6.07) is 3.46. The molecule has 0 bridgehead atoms. The maximum absolute atomic E-state index is 9.98. The van der Waals surface area contributed by atoms with Crippen LogP contribution in [0.3, 0.4) is 0 Å². The van der Waals surface area contributed by atoms with Gasteiger partial charge in [-0.15, -0.1) is 0 Å². The quantitative estimate of drug-likeness (QED) is 0.787. The summed E-state index contributed by atoms with van der Waals surface area (Å²) < 4.78 is 15.6. The Morgan fingerprint density at radius 3 is 1.76 bits per heavy atom. The summed E-state index contributed by atoms with van der Waals surface area (Å²) >= 11 is 0. The Hall–Kier alpha value is -1.46. The third-order valence-corrected chi connectivity index (χ3v) is 2.47. The van der Waals surface area contributed by atoms with Crippen molar-refractivity contribution in [3.05, 3.63) is 17.7 Å².